The van der Waals surface area contributed by atoms with Gasteiger partial charge >= 0.3 is 0 Å². The van der Waals surface area contributed by atoms with E-state index in [1.54, 1.807) is 0 Å². The molecule has 0 bridgehead atoms. The highest BCUT2D eigenvalue weighted by atomic mass is 16.5. The van der Waals surface area contributed by atoms with Gasteiger partial charge in [-0.3, -0.25) is 9.89 Å². The lowest BCUT2D eigenvalue weighted by Gasteiger charge is -2.29. The van der Waals surface area contributed by atoms with Crippen LogP contribution in [0.2, 0.25) is 0 Å². The number of guanidine groups is 1. The molecule has 0 saturated carbocycles. The molecule has 0 spiro atoms. The molecule has 1 aromatic rings. The summed E-state index contributed by atoms with van der Waals surface area (Å²) in [6, 6.07) is 0.344. The van der Waals surface area contributed by atoms with E-state index in [1.165, 1.54) is 0 Å². The Hall–Kier alpha value is -1.67. The third-order valence-corrected chi connectivity index (χ3v) is 5.14. The summed E-state index contributed by atoms with van der Waals surface area (Å²) in [5.41, 5.74) is 0. The molecule has 0 aromatic carbocycles. The van der Waals surface area contributed by atoms with E-state index < -0.39 is 0 Å². The van der Waals surface area contributed by atoms with Crippen molar-refractivity contribution in [1.82, 2.24) is 30.3 Å². The second-order valence-electron chi connectivity index (χ2n) is 7.60. The molecular weight excluding hydrogens is 342 g/mol. The van der Waals surface area contributed by atoms with Crippen molar-refractivity contribution in [2.24, 2.45) is 10.9 Å². The molecule has 2 aliphatic rings. The first-order valence-corrected chi connectivity index (χ1v) is 10.5. The van der Waals surface area contributed by atoms with Crippen LogP contribution in [0.4, 0.5) is 0 Å². The van der Waals surface area contributed by atoms with Crippen molar-refractivity contribution < 1.29 is 4.74 Å². The summed E-state index contributed by atoms with van der Waals surface area (Å²) in [5, 5.41) is 11.6. The van der Waals surface area contributed by atoms with Gasteiger partial charge in [0.25, 0.3) is 0 Å². The SMILES string of the molecule is CCNC(=NCC(C)CN1CCOCC1)NC1CCc2nc(CC)nn2C1. The summed E-state index contributed by atoms with van der Waals surface area (Å²) in [6.45, 7) is 13.9. The summed E-state index contributed by atoms with van der Waals surface area (Å²) in [5.74, 6) is 3.50. The van der Waals surface area contributed by atoms with E-state index in [0.29, 0.717) is 12.0 Å². The molecule has 2 unspecified atom stereocenters. The molecule has 2 N–H and O–H groups in total. The highest BCUT2D eigenvalue weighted by Crippen LogP contribution is 2.13. The molecule has 2 atom stereocenters. The molecule has 1 saturated heterocycles. The number of nitrogens with one attached hydrogen (secondary N) is 2. The molecule has 3 heterocycles. The molecule has 0 radical (unpaired) electrons. The van der Waals surface area contributed by atoms with Crippen LogP contribution in [0.1, 0.15) is 38.8 Å². The van der Waals surface area contributed by atoms with Gasteiger partial charge in [0.2, 0.25) is 0 Å². The Bertz CT molecular complexity index is 609. The maximum Gasteiger partial charge on any atom is 0.191 e. The largest absolute Gasteiger partial charge is 0.379 e. The third kappa shape index (κ3) is 5.90. The van der Waals surface area contributed by atoms with Crippen molar-refractivity contribution in [3.8, 4) is 0 Å². The van der Waals surface area contributed by atoms with E-state index >= 15 is 0 Å². The molecule has 0 aliphatic carbocycles. The monoisotopic (exact) mass is 377 g/mol. The van der Waals surface area contributed by atoms with Crippen molar-refractivity contribution in [2.45, 2.75) is 52.6 Å². The van der Waals surface area contributed by atoms with E-state index in [1.807, 2.05) is 0 Å². The Kier molecular flexibility index (Phi) is 7.46. The molecule has 152 valence electrons. The van der Waals surface area contributed by atoms with E-state index in [-0.39, 0.29) is 0 Å². The Labute approximate surface area is 162 Å². The van der Waals surface area contributed by atoms with Crippen LogP contribution in [0.3, 0.4) is 0 Å². The number of aliphatic imine (C=N–C) groups is 1. The van der Waals surface area contributed by atoms with Crippen LogP contribution in [0, 0.1) is 5.92 Å². The van der Waals surface area contributed by atoms with Gasteiger partial charge in [-0.15, -0.1) is 0 Å². The van der Waals surface area contributed by atoms with Crippen LogP contribution in [-0.2, 0) is 24.1 Å². The van der Waals surface area contributed by atoms with Crippen LogP contribution in [0.25, 0.3) is 0 Å². The first kappa shape index (κ1) is 20.1. The highest BCUT2D eigenvalue weighted by Gasteiger charge is 2.22. The summed E-state index contributed by atoms with van der Waals surface area (Å²) >= 11 is 0. The molecule has 1 aromatic heterocycles. The minimum absolute atomic E-state index is 0.344. The lowest BCUT2D eigenvalue weighted by atomic mass is 10.1. The summed E-state index contributed by atoms with van der Waals surface area (Å²) in [4.78, 5) is 11.9. The molecule has 0 amide bonds. The quantitative estimate of drug-likeness (QED) is 0.537. The zero-order valence-electron chi connectivity index (χ0n) is 17.1. The van der Waals surface area contributed by atoms with E-state index in [2.05, 4.69) is 51.1 Å². The number of nitrogens with zero attached hydrogens (tertiary/aromatic N) is 5. The van der Waals surface area contributed by atoms with Gasteiger partial charge in [0, 0.05) is 51.6 Å². The molecule has 2 aliphatic heterocycles. The molecule has 1 fully saturated rings. The van der Waals surface area contributed by atoms with Gasteiger partial charge < -0.3 is 15.4 Å². The summed E-state index contributed by atoms with van der Waals surface area (Å²) in [7, 11) is 0. The van der Waals surface area contributed by atoms with Gasteiger partial charge in [-0.25, -0.2) is 9.67 Å². The first-order valence-electron chi connectivity index (χ1n) is 10.5. The highest BCUT2D eigenvalue weighted by molar-refractivity contribution is 5.80. The fraction of sp³-hybridized carbons (Fsp3) is 0.842. The molecule has 8 heteroatoms. The molecule has 8 nitrogen and oxygen atoms in total. The van der Waals surface area contributed by atoms with Crippen molar-refractivity contribution in [3.63, 3.8) is 0 Å². The number of hydrogen-bond acceptors (Lipinski definition) is 5. The lowest BCUT2D eigenvalue weighted by Crippen LogP contribution is -2.47. The maximum atomic E-state index is 5.43. The van der Waals surface area contributed by atoms with Crippen LogP contribution >= 0.6 is 0 Å². The normalized spacial score (nSPS) is 22.3. The number of hydrogen-bond donors (Lipinski definition) is 2. The second-order valence-corrected chi connectivity index (χ2v) is 7.60. The average molecular weight is 378 g/mol. The van der Waals surface area contributed by atoms with Crippen LogP contribution in [0.5, 0.6) is 0 Å². The zero-order chi connectivity index (χ0) is 19.1. The van der Waals surface area contributed by atoms with Gasteiger partial charge in [0.1, 0.15) is 5.82 Å². The molecular formula is C19H35N7O. The summed E-state index contributed by atoms with van der Waals surface area (Å²) < 4.78 is 7.49. The van der Waals surface area contributed by atoms with Crippen molar-refractivity contribution in [3.05, 3.63) is 11.6 Å². The van der Waals surface area contributed by atoms with Crippen molar-refractivity contribution in [1.29, 1.82) is 0 Å². The van der Waals surface area contributed by atoms with Gasteiger partial charge in [0.15, 0.2) is 11.8 Å². The smallest absolute Gasteiger partial charge is 0.191 e. The third-order valence-electron chi connectivity index (χ3n) is 5.14. The predicted octanol–water partition coefficient (Wildman–Crippen LogP) is 0.679. The Balaban J connectivity index is 1.51. The van der Waals surface area contributed by atoms with Crippen molar-refractivity contribution in [2.75, 3.05) is 45.9 Å². The minimum Gasteiger partial charge on any atom is -0.379 e. The fourth-order valence-corrected chi connectivity index (χ4v) is 3.67. The van der Waals surface area contributed by atoms with Crippen LogP contribution in [0.15, 0.2) is 4.99 Å². The summed E-state index contributed by atoms with van der Waals surface area (Å²) in [6.07, 6.45) is 2.93. The number of aryl methyl sites for hydroxylation is 2. The predicted molar refractivity (Wildman–Crippen MR) is 107 cm³/mol. The standard InChI is InChI=1S/C19H35N7O/c1-4-17-23-18-7-6-16(14-26(18)24-17)22-19(20-5-2)21-12-15(3)13-25-8-10-27-11-9-25/h15-16H,4-14H2,1-3H3,(H2,20,21,22). The number of rotatable bonds is 7. The van der Waals surface area contributed by atoms with Gasteiger partial charge in [-0.2, -0.15) is 5.10 Å². The van der Waals surface area contributed by atoms with E-state index in [0.717, 1.165) is 89.4 Å². The van der Waals surface area contributed by atoms with Gasteiger partial charge in [0.05, 0.1) is 19.8 Å². The average Bonchev–Trinajstić information content (AvgIpc) is 3.09. The van der Waals surface area contributed by atoms with E-state index in [4.69, 9.17) is 9.73 Å². The zero-order valence-corrected chi connectivity index (χ0v) is 17.1. The Morgan fingerprint density at radius 3 is 2.89 bits per heavy atom. The number of aromatic nitrogens is 3. The fourth-order valence-electron chi connectivity index (χ4n) is 3.67. The molecule has 27 heavy (non-hydrogen) atoms. The number of morpholine rings is 1. The maximum absolute atomic E-state index is 5.43. The van der Waals surface area contributed by atoms with Gasteiger partial charge in [-0.1, -0.05) is 13.8 Å². The van der Waals surface area contributed by atoms with Crippen LogP contribution < -0.4 is 10.6 Å². The Morgan fingerprint density at radius 2 is 2.15 bits per heavy atom. The first-order chi connectivity index (χ1) is 13.2. The number of fused-ring (bicyclic) bond motifs is 1. The number of ether oxygens (including phenoxy) is 1. The van der Waals surface area contributed by atoms with Crippen molar-refractivity contribution >= 4 is 5.96 Å². The lowest BCUT2D eigenvalue weighted by molar-refractivity contribution is 0.0323. The van der Waals surface area contributed by atoms with Crippen LogP contribution in [-0.4, -0.2) is 77.6 Å². The van der Waals surface area contributed by atoms with E-state index in [9.17, 15) is 0 Å². The molecule has 3 rings (SSSR count). The van der Waals surface area contributed by atoms with Gasteiger partial charge in [-0.05, 0) is 19.3 Å². The topological polar surface area (TPSA) is 79.6 Å². The Morgan fingerprint density at radius 1 is 1.33 bits per heavy atom. The minimum atomic E-state index is 0.344. The second kappa shape index (κ2) is 10.0.